The average molecular weight is 494 g/mol. The quantitative estimate of drug-likeness (QED) is 0.461. The first-order valence-corrected chi connectivity index (χ1v) is 11.9. The molecule has 0 radical (unpaired) electrons. The van der Waals surface area contributed by atoms with Crippen LogP contribution in [0.15, 0.2) is 54.4 Å². The van der Waals surface area contributed by atoms with E-state index >= 15 is 0 Å². The Balaban J connectivity index is 0.000000229. The molecule has 2 aromatic rings. The van der Waals surface area contributed by atoms with Gasteiger partial charge in [0.1, 0.15) is 5.83 Å². The SMILES string of the molecule is COC(=O)c1cc(N2CCC=C(F)C2)ccc1NC(=O)CCC1CC1.O=C1NC(=O)c2ccccc21. The van der Waals surface area contributed by atoms with Crippen molar-refractivity contribution in [1.82, 2.24) is 5.32 Å². The number of carbonyl (C=O) groups is 4. The summed E-state index contributed by atoms with van der Waals surface area (Å²) in [6.45, 7) is 0.870. The number of ether oxygens (including phenoxy) is 1. The van der Waals surface area contributed by atoms with Crippen LogP contribution in [0, 0.1) is 5.92 Å². The minimum atomic E-state index is -0.521. The van der Waals surface area contributed by atoms with Gasteiger partial charge in [0, 0.05) is 18.7 Å². The highest BCUT2D eigenvalue weighted by molar-refractivity contribution is 6.21. The van der Waals surface area contributed by atoms with Crippen LogP contribution in [-0.4, -0.2) is 43.9 Å². The van der Waals surface area contributed by atoms with Gasteiger partial charge in [0.15, 0.2) is 0 Å². The Kier molecular flexibility index (Phi) is 7.77. The number of nitrogens with zero attached hydrogens (tertiary/aromatic N) is 1. The van der Waals surface area contributed by atoms with Crippen LogP contribution >= 0.6 is 0 Å². The summed E-state index contributed by atoms with van der Waals surface area (Å²) >= 11 is 0. The van der Waals surface area contributed by atoms with Crippen LogP contribution in [0.4, 0.5) is 15.8 Å². The zero-order valence-electron chi connectivity index (χ0n) is 20.0. The highest BCUT2D eigenvalue weighted by Crippen LogP contribution is 2.33. The molecule has 0 bridgehead atoms. The first-order chi connectivity index (χ1) is 17.4. The summed E-state index contributed by atoms with van der Waals surface area (Å²) in [4.78, 5) is 48.0. The molecule has 0 aromatic heterocycles. The maximum atomic E-state index is 13.5. The molecule has 1 aliphatic carbocycles. The molecule has 2 N–H and O–H groups in total. The third kappa shape index (κ3) is 6.16. The van der Waals surface area contributed by atoms with Crippen molar-refractivity contribution in [3.63, 3.8) is 0 Å². The van der Waals surface area contributed by atoms with E-state index in [9.17, 15) is 23.6 Å². The van der Waals surface area contributed by atoms with Gasteiger partial charge in [0.2, 0.25) is 5.91 Å². The number of amides is 3. The van der Waals surface area contributed by atoms with Crippen LogP contribution in [0.5, 0.6) is 0 Å². The highest BCUT2D eigenvalue weighted by atomic mass is 19.1. The maximum Gasteiger partial charge on any atom is 0.340 e. The second kappa shape index (κ2) is 11.2. The fraction of sp³-hybridized carbons (Fsp3) is 0.333. The fourth-order valence-electron chi connectivity index (χ4n) is 4.11. The van der Waals surface area contributed by atoms with E-state index in [-0.39, 0.29) is 35.7 Å². The smallest absolute Gasteiger partial charge is 0.340 e. The fourth-order valence-corrected chi connectivity index (χ4v) is 4.11. The number of esters is 1. The van der Waals surface area contributed by atoms with Gasteiger partial charge in [-0.3, -0.25) is 19.7 Å². The molecule has 1 saturated carbocycles. The standard InChI is InChI=1S/C19H23FN2O3.C8H5NO2/c1-25-19(24)16-11-15(22-10-2-3-14(20)12-22)7-8-17(16)21-18(23)9-6-13-4-5-13;10-7-5-3-1-2-4-6(5)8(11)9-7/h3,7-8,11,13H,2,4-6,9-10,12H2,1H3,(H,21,23);1-4H,(H,9,10,11). The number of fused-ring (bicyclic) bond motifs is 1. The van der Waals surface area contributed by atoms with Crippen molar-refractivity contribution in [1.29, 1.82) is 0 Å². The minimum Gasteiger partial charge on any atom is -0.465 e. The van der Waals surface area contributed by atoms with Crippen molar-refractivity contribution in [2.75, 3.05) is 30.4 Å². The number of anilines is 2. The van der Waals surface area contributed by atoms with Gasteiger partial charge >= 0.3 is 5.97 Å². The van der Waals surface area contributed by atoms with Gasteiger partial charge < -0.3 is 15.0 Å². The van der Waals surface area contributed by atoms with Crippen LogP contribution < -0.4 is 15.5 Å². The number of methoxy groups -OCH3 is 1. The van der Waals surface area contributed by atoms with Gasteiger partial charge in [-0.25, -0.2) is 9.18 Å². The first-order valence-electron chi connectivity index (χ1n) is 11.9. The topological polar surface area (TPSA) is 105 Å². The molecule has 3 amide bonds. The van der Waals surface area contributed by atoms with E-state index in [1.165, 1.54) is 20.0 Å². The Morgan fingerprint density at radius 3 is 2.42 bits per heavy atom. The lowest BCUT2D eigenvalue weighted by molar-refractivity contribution is -0.116. The van der Waals surface area contributed by atoms with Gasteiger partial charge in [-0.1, -0.05) is 25.0 Å². The normalized spacial score (nSPS) is 16.3. The van der Waals surface area contributed by atoms with Crippen LogP contribution in [0.1, 0.15) is 63.2 Å². The molecule has 2 heterocycles. The van der Waals surface area contributed by atoms with Crippen molar-refractivity contribution < 1.29 is 28.3 Å². The van der Waals surface area contributed by atoms with Crippen molar-refractivity contribution in [3.8, 4) is 0 Å². The first kappa shape index (κ1) is 25.1. The number of hydrogen-bond acceptors (Lipinski definition) is 6. The summed E-state index contributed by atoms with van der Waals surface area (Å²) < 4.78 is 18.4. The van der Waals surface area contributed by atoms with Crippen molar-refractivity contribution in [2.24, 2.45) is 5.92 Å². The summed E-state index contributed by atoms with van der Waals surface area (Å²) in [7, 11) is 1.30. The second-order valence-corrected chi connectivity index (χ2v) is 8.94. The molecule has 9 heteroatoms. The molecule has 3 aliphatic rings. The van der Waals surface area contributed by atoms with Crippen molar-refractivity contribution >= 4 is 35.1 Å². The van der Waals surface area contributed by atoms with Gasteiger partial charge in [0.25, 0.3) is 11.8 Å². The predicted molar refractivity (Wildman–Crippen MR) is 133 cm³/mol. The highest BCUT2D eigenvalue weighted by Gasteiger charge is 2.25. The second-order valence-electron chi connectivity index (χ2n) is 8.94. The number of carbonyl (C=O) groups excluding carboxylic acids is 4. The third-order valence-corrected chi connectivity index (χ3v) is 6.27. The van der Waals surface area contributed by atoms with Crippen LogP contribution in [0.25, 0.3) is 0 Å². The third-order valence-electron chi connectivity index (χ3n) is 6.27. The Labute approximate surface area is 208 Å². The zero-order chi connectivity index (χ0) is 25.7. The molecule has 0 unspecified atom stereocenters. The molecule has 188 valence electrons. The minimum absolute atomic E-state index is 0.100. The predicted octanol–water partition coefficient (Wildman–Crippen LogP) is 4.24. The van der Waals surface area contributed by atoms with E-state index in [0.717, 1.165) is 12.1 Å². The molecule has 36 heavy (non-hydrogen) atoms. The van der Waals surface area contributed by atoms with Crippen LogP contribution in [0.2, 0.25) is 0 Å². The molecule has 1 fully saturated rings. The van der Waals surface area contributed by atoms with E-state index in [1.54, 1.807) is 48.5 Å². The number of benzene rings is 2. The zero-order valence-corrected chi connectivity index (χ0v) is 20.0. The van der Waals surface area contributed by atoms with Gasteiger partial charge in [-0.15, -0.1) is 0 Å². The Bertz CT molecular complexity index is 1190. The van der Waals surface area contributed by atoms with Crippen LogP contribution in [-0.2, 0) is 9.53 Å². The molecule has 2 aromatic carbocycles. The lowest BCUT2D eigenvalue weighted by atomic mass is 10.1. The molecular weight excluding hydrogens is 465 g/mol. The van der Waals surface area contributed by atoms with E-state index in [1.807, 2.05) is 4.90 Å². The lowest BCUT2D eigenvalue weighted by Crippen LogP contribution is -2.29. The number of hydrogen-bond donors (Lipinski definition) is 2. The summed E-state index contributed by atoms with van der Waals surface area (Å²) in [5.41, 5.74) is 2.40. The van der Waals surface area contributed by atoms with Crippen molar-refractivity contribution in [3.05, 3.63) is 71.1 Å². The molecule has 0 atom stereocenters. The molecule has 5 rings (SSSR count). The summed E-state index contributed by atoms with van der Waals surface area (Å²) in [5.74, 6) is -0.723. The maximum absolute atomic E-state index is 13.5. The van der Waals surface area contributed by atoms with Crippen molar-refractivity contribution in [2.45, 2.75) is 32.1 Å². The summed E-state index contributed by atoms with van der Waals surface area (Å²) in [6, 6.07) is 11.9. The number of halogens is 1. The van der Waals surface area contributed by atoms with E-state index in [4.69, 9.17) is 4.74 Å². The van der Waals surface area contributed by atoms with Gasteiger partial charge in [-0.05, 0) is 55.2 Å². The Hall–Kier alpha value is -4.01. The summed E-state index contributed by atoms with van der Waals surface area (Å²) in [6.07, 6.45) is 5.95. The molecule has 0 saturated heterocycles. The van der Waals surface area contributed by atoms with E-state index in [0.29, 0.717) is 42.1 Å². The Morgan fingerprint density at radius 1 is 1.11 bits per heavy atom. The number of nitrogens with one attached hydrogen (secondary N) is 2. The van der Waals surface area contributed by atoms with E-state index < -0.39 is 5.97 Å². The molecule has 2 aliphatic heterocycles. The van der Waals surface area contributed by atoms with Crippen LogP contribution in [0.3, 0.4) is 0 Å². The molecule has 0 spiro atoms. The molecule has 8 nitrogen and oxygen atoms in total. The van der Waals surface area contributed by atoms with Gasteiger partial charge in [-0.2, -0.15) is 0 Å². The van der Waals surface area contributed by atoms with Gasteiger partial charge in [0.05, 0.1) is 36.0 Å². The number of rotatable bonds is 6. The van der Waals surface area contributed by atoms with E-state index in [2.05, 4.69) is 10.6 Å². The molecular formula is C27H28FN3O5. The lowest BCUT2D eigenvalue weighted by Gasteiger charge is -2.27. The summed E-state index contributed by atoms with van der Waals surface area (Å²) in [5, 5.41) is 5.01. The monoisotopic (exact) mass is 493 g/mol. The Morgan fingerprint density at radius 2 is 1.81 bits per heavy atom. The largest absolute Gasteiger partial charge is 0.465 e. The average Bonchev–Trinajstić information content (AvgIpc) is 3.67. The number of imide groups is 1.